The summed E-state index contributed by atoms with van der Waals surface area (Å²) in [5, 5.41) is 1.83. The highest BCUT2D eigenvalue weighted by Crippen LogP contribution is 2.38. The number of rotatable bonds is 2. The fourth-order valence-corrected chi connectivity index (χ4v) is 2.51. The first kappa shape index (κ1) is 13.5. The Morgan fingerprint density at radius 2 is 2.06 bits per heavy atom. The van der Waals surface area contributed by atoms with Gasteiger partial charge in [-0.2, -0.15) is 13.2 Å². The highest BCUT2D eigenvalue weighted by Gasteiger charge is 2.34. The number of nitrogens with one attached hydrogen (secondary N) is 1. The van der Waals surface area contributed by atoms with Crippen LogP contribution in [0.25, 0.3) is 10.9 Å². The maximum absolute atomic E-state index is 12.6. The first-order valence-electron chi connectivity index (χ1n) is 5.06. The van der Waals surface area contributed by atoms with Gasteiger partial charge in [0.2, 0.25) is 5.88 Å². The van der Waals surface area contributed by atoms with E-state index in [0.29, 0.717) is 0 Å². The summed E-state index contributed by atoms with van der Waals surface area (Å²) >= 11 is 2.53. The number of alkyl halides is 3. The van der Waals surface area contributed by atoms with Crippen LogP contribution >= 0.6 is 10.8 Å². The van der Waals surface area contributed by atoms with Crippen LogP contribution in [0.3, 0.4) is 0 Å². The highest BCUT2D eigenvalue weighted by molar-refractivity contribution is 8.11. The van der Waals surface area contributed by atoms with Crippen molar-refractivity contribution in [1.82, 2.24) is 4.98 Å². The van der Waals surface area contributed by atoms with E-state index >= 15 is 0 Å². The molecule has 0 bridgehead atoms. The van der Waals surface area contributed by atoms with Gasteiger partial charge in [0, 0.05) is 17.0 Å². The molecule has 1 N–H and O–H groups in total. The Hall–Kier alpha value is -0.898. The van der Waals surface area contributed by atoms with Crippen LogP contribution in [-0.4, -0.2) is 32.2 Å². The molecule has 2 rings (SSSR count). The molecule has 0 aliphatic heterocycles. The molecule has 18 heavy (non-hydrogen) atoms. The fourth-order valence-electron chi connectivity index (χ4n) is 1.50. The largest absolute Gasteiger partial charge is 0.470 e. The third-order valence-electron chi connectivity index (χ3n) is 2.24. The summed E-state index contributed by atoms with van der Waals surface area (Å²) in [6.07, 6.45) is 0. The van der Waals surface area contributed by atoms with Crippen molar-refractivity contribution in [3.05, 3.63) is 24.3 Å². The van der Waals surface area contributed by atoms with Gasteiger partial charge in [-0.25, -0.2) is 0 Å². The van der Waals surface area contributed by atoms with E-state index < -0.39 is 16.3 Å². The van der Waals surface area contributed by atoms with E-state index in [9.17, 15) is 13.2 Å². The fraction of sp³-hybridized carbons (Fsp3) is 0.182. The topological polar surface area (TPSA) is 25.0 Å². The molecule has 0 saturated carbocycles. The number of hydrogen-bond donors (Lipinski definition) is 1. The number of benzene rings is 1. The molecule has 0 fully saturated rings. The summed E-state index contributed by atoms with van der Waals surface area (Å²) in [6, 6.07) is 7.07. The summed E-state index contributed by atoms with van der Waals surface area (Å²) in [4.78, 5) is 2.82. The van der Waals surface area contributed by atoms with Gasteiger partial charge in [0.25, 0.3) is 0 Å². The Labute approximate surface area is 113 Å². The number of H-pyrrole nitrogens is 1. The molecular formula is C11H9AlF3NOS. The Kier molecular flexibility index (Phi) is 3.76. The molecule has 1 aromatic heterocycles. The molecule has 0 spiro atoms. The molecule has 1 atom stereocenters. The van der Waals surface area contributed by atoms with Crippen molar-refractivity contribution in [2.45, 2.75) is 12.4 Å². The predicted molar refractivity (Wildman–Crippen MR) is 69.7 cm³/mol. The standard InChI is InChI=1S/C11H9F3NOS.Al/c1-2-17(11(12,13)14)16-10-7-8-5-3-4-6-9(8)15-10;/h2,4-7,15H,1H3;. The van der Waals surface area contributed by atoms with Crippen LogP contribution in [0, 0.1) is 0 Å². The van der Waals surface area contributed by atoms with Gasteiger partial charge in [-0.15, -0.1) is 4.43 Å². The zero-order valence-electron chi connectivity index (χ0n) is 9.41. The quantitative estimate of drug-likeness (QED) is 0.667. The third-order valence-corrected chi connectivity index (χ3v) is 3.84. The maximum atomic E-state index is 12.6. The van der Waals surface area contributed by atoms with Crippen molar-refractivity contribution in [3.8, 4) is 5.88 Å². The van der Waals surface area contributed by atoms with Crippen LogP contribution in [0.15, 0.2) is 24.3 Å². The number of hydrogen-bond acceptors (Lipinski definition) is 1. The van der Waals surface area contributed by atoms with Gasteiger partial charge in [-0.05, 0) is 18.4 Å². The van der Waals surface area contributed by atoms with E-state index in [-0.39, 0.29) is 5.88 Å². The van der Waals surface area contributed by atoms with Gasteiger partial charge in [-0.3, -0.25) is 0 Å². The summed E-state index contributed by atoms with van der Waals surface area (Å²) < 4.78 is 43.6. The molecule has 0 aliphatic rings. The molecule has 0 amide bonds. The minimum atomic E-state index is -4.38. The third kappa shape index (κ3) is 2.91. The second-order valence-corrected chi connectivity index (χ2v) is 5.90. The second kappa shape index (κ2) is 5.00. The van der Waals surface area contributed by atoms with Crippen LogP contribution in [0.4, 0.5) is 13.2 Å². The van der Waals surface area contributed by atoms with Crippen LogP contribution < -0.4 is 8.61 Å². The number of aromatic nitrogens is 1. The van der Waals surface area contributed by atoms with Crippen molar-refractivity contribution in [2.24, 2.45) is 0 Å². The Morgan fingerprint density at radius 1 is 1.33 bits per heavy atom. The minimum absolute atomic E-state index is 0.124. The monoisotopic (exact) mass is 287 g/mol. The van der Waals surface area contributed by atoms with Gasteiger partial charge < -0.3 is 9.17 Å². The van der Waals surface area contributed by atoms with Crippen molar-refractivity contribution in [2.75, 3.05) is 0 Å². The van der Waals surface area contributed by atoms with E-state index in [4.69, 9.17) is 4.18 Å². The van der Waals surface area contributed by atoms with Crippen molar-refractivity contribution in [1.29, 1.82) is 0 Å². The van der Waals surface area contributed by atoms with Gasteiger partial charge in [-0.1, -0.05) is 12.1 Å². The van der Waals surface area contributed by atoms with Gasteiger partial charge in [0.1, 0.15) is 0 Å². The van der Waals surface area contributed by atoms with Crippen LogP contribution in [0.2, 0.25) is 0 Å². The van der Waals surface area contributed by atoms with E-state index in [1.807, 2.05) is 12.1 Å². The zero-order valence-corrected chi connectivity index (χ0v) is 11.4. The van der Waals surface area contributed by atoms with Gasteiger partial charge in [0.05, 0.1) is 10.8 Å². The van der Waals surface area contributed by atoms with Crippen LogP contribution in [0.1, 0.15) is 6.92 Å². The molecule has 1 heterocycles. The average Bonchev–Trinajstić information content (AvgIpc) is 2.65. The predicted octanol–water partition coefficient (Wildman–Crippen LogP) is 2.87. The first-order chi connectivity index (χ1) is 8.40. The first-order valence-corrected chi connectivity index (χ1v) is 6.85. The zero-order chi connectivity index (χ0) is 13.3. The molecule has 2 nitrogen and oxygen atoms in total. The SMILES string of the molecule is C/C=S(/Oc1cc2c[c]([Al])ccc2[nH]1)C(F)(F)F. The minimum Gasteiger partial charge on any atom is -0.408 e. The lowest BCUT2D eigenvalue weighted by Crippen LogP contribution is -2.08. The molecule has 1 unspecified atom stereocenters. The molecule has 1 aromatic carbocycles. The number of halogens is 3. The Balaban J connectivity index is 2.32. The van der Waals surface area contributed by atoms with E-state index in [2.05, 4.69) is 21.3 Å². The summed E-state index contributed by atoms with van der Waals surface area (Å²) in [5.74, 6) is 0.124. The molecule has 0 aliphatic carbocycles. The van der Waals surface area contributed by atoms with Crippen LogP contribution in [0.5, 0.6) is 5.88 Å². The molecule has 2 aromatic rings. The molecular weight excluding hydrogens is 278 g/mol. The highest BCUT2D eigenvalue weighted by atomic mass is 32.2. The van der Waals surface area contributed by atoms with E-state index in [1.54, 1.807) is 12.1 Å². The van der Waals surface area contributed by atoms with Crippen molar-refractivity contribution in [3.63, 3.8) is 0 Å². The van der Waals surface area contributed by atoms with Gasteiger partial charge >= 0.3 is 5.51 Å². The lowest BCUT2D eigenvalue weighted by molar-refractivity contribution is -0.0378. The lowest BCUT2D eigenvalue weighted by Gasteiger charge is -2.11. The number of fused-ring (bicyclic) bond motifs is 1. The van der Waals surface area contributed by atoms with Crippen LogP contribution in [-0.2, 0) is 0 Å². The number of aromatic amines is 1. The molecule has 94 valence electrons. The Bertz CT molecular complexity index is 606. The smallest absolute Gasteiger partial charge is 0.408 e. The van der Waals surface area contributed by atoms with E-state index in [1.165, 1.54) is 6.92 Å². The Morgan fingerprint density at radius 3 is 2.67 bits per heavy atom. The lowest BCUT2D eigenvalue weighted by atomic mass is 10.2. The maximum Gasteiger partial charge on any atom is 0.470 e. The molecule has 0 saturated heterocycles. The summed E-state index contributed by atoms with van der Waals surface area (Å²) in [6.45, 7) is 1.33. The van der Waals surface area contributed by atoms with Crippen molar-refractivity contribution < 1.29 is 17.4 Å². The molecule has 2 radical (unpaired) electrons. The van der Waals surface area contributed by atoms with Gasteiger partial charge in [0.15, 0.2) is 16.3 Å². The normalized spacial score (nSPS) is 14.0. The van der Waals surface area contributed by atoms with Crippen molar-refractivity contribution >= 4 is 47.8 Å². The average molecular weight is 287 g/mol. The van der Waals surface area contributed by atoms with E-state index in [0.717, 1.165) is 20.7 Å². The summed E-state index contributed by atoms with van der Waals surface area (Å²) in [7, 11) is -2.19. The second-order valence-electron chi connectivity index (χ2n) is 3.54. The molecule has 7 heteroatoms. The summed E-state index contributed by atoms with van der Waals surface area (Å²) in [5.41, 5.74) is -3.63.